The molecule has 0 amide bonds. The Balaban J connectivity index is 3.10. The molecular weight excluding hydrogens is 213 g/mol. The molecule has 2 atom stereocenters. The predicted octanol–water partition coefficient (Wildman–Crippen LogP) is 4.14. The zero-order valence-electron chi connectivity index (χ0n) is 11.6. The van der Waals surface area contributed by atoms with E-state index >= 15 is 0 Å². The van der Waals surface area contributed by atoms with Crippen molar-refractivity contribution in [2.75, 3.05) is 6.54 Å². The van der Waals surface area contributed by atoms with Gasteiger partial charge in [-0.05, 0) is 43.0 Å². The van der Waals surface area contributed by atoms with Crippen molar-refractivity contribution < 1.29 is 4.39 Å². The maximum Gasteiger partial charge on any atom is 0.129 e. The standard InChI is InChI=1S/C15H24FN/c1-6-10(3)15(17-7-2)13-8-11(4)14(16)12(5)9-13/h8-10,15,17H,6-7H2,1-5H3. The molecule has 2 heteroatoms. The number of hydrogen-bond acceptors (Lipinski definition) is 1. The summed E-state index contributed by atoms with van der Waals surface area (Å²) in [7, 11) is 0. The Labute approximate surface area is 104 Å². The SMILES string of the molecule is CCNC(c1cc(C)c(F)c(C)c1)C(C)CC. The molecule has 1 aromatic rings. The first-order valence-electron chi connectivity index (χ1n) is 6.51. The summed E-state index contributed by atoms with van der Waals surface area (Å²) in [6.45, 7) is 11.2. The second-order valence-electron chi connectivity index (χ2n) is 4.89. The Morgan fingerprint density at radius 2 is 1.71 bits per heavy atom. The van der Waals surface area contributed by atoms with Gasteiger partial charge in [-0.25, -0.2) is 4.39 Å². The molecule has 0 radical (unpaired) electrons. The topological polar surface area (TPSA) is 12.0 Å². The van der Waals surface area contributed by atoms with Gasteiger partial charge in [0.2, 0.25) is 0 Å². The number of halogens is 1. The van der Waals surface area contributed by atoms with Crippen molar-refractivity contribution in [2.24, 2.45) is 5.92 Å². The van der Waals surface area contributed by atoms with Crippen molar-refractivity contribution in [3.05, 3.63) is 34.6 Å². The zero-order chi connectivity index (χ0) is 13.0. The van der Waals surface area contributed by atoms with Crippen LogP contribution in [-0.4, -0.2) is 6.54 Å². The fourth-order valence-electron chi connectivity index (χ4n) is 2.26. The summed E-state index contributed by atoms with van der Waals surface area (Å²) in [5, 5.41) is 3.50. The smallest absolute Gasteiger partial charge is 0.129 e. The van der Waals surface area contributed by atoms with E-state index in [2.05, 4.69) is 26.1 Å². The van der Waals surface area contributed by atoms with E-state index < -0.39 is 0 Å². The molecule has 0 fully saturated rings. The molecule has 0 aromatic heterocycles. The molecule has 0 aliphatic heterocycles. The van der Waals surface area contributed by atoms with Gasteiger partial charge >= 0.3 is 0 Å². The number of aryl methyl sites for hydroxylation is 2. The molecule has 2 unspecified atom stereocenters. The number of rotatable bonds is 5. The highest BCUT2D eigenvalue weighted by atomic mass is 19.1. The summed E-state index contributed by atoms with van der Waals surface area (Å²) in [6.07, 6.45) is 1.12. The average molecular weight is 237 g/mol. The van der Waals surface area contributed by atoms with Crippen LogP contribution in [0.1, 0.15) is 49.9 Å². The van der Waals surface area contributed by atoms with Crippen LogP contribution in [0, 0.1) is 25.6 Å². The molecule has 1 N–H and O–H groups in total. The van der Waals surface area contributed by atoms with Crippen molar-refractivity contribution >= 4 is 0 Å². The molecule has 0 aliphatic rings. The highest BCUT2D eigenvalue weighted by Crippen LogP contribution is 2.27. The fraction of sp³-hybridized carbons (Fsp3) is 0.600. The second-order valence-corrected chi connectivity index (χ2v) is 4.89. The highest BCUT2D eigenvalue weighted by Gasteiger charge is 2.18. The van der Waals surface area contributed by atoms with Gasteiger partial charge < -0.3 is 5.32 Å². The minimum absolute atomic E-state index is 0.0758. The van der Waals surface area contributed by atoms with E-state index in [0.29, 0.717) is 12.0 Å². The number of nitrogens with one attached hydrogen (secondary N) is 1. The van der Waals surface area contributed by atoms with Gasteiger partial charge in [0.25, 0.3) is 0 Å². The van der Waals surface area contributed by atoms with Crippen molar-refractivity contribution in [2.45, 2.75) is 47.1 Å². The van der Waals surface area contributed by atoms with Crippen LogP contribution in [0.5, 0.6) is 0 Å². The highest BCUT2D eigenvalue weighted by molar-refractivity contribution is 5.32. The van der Waals surface area contributed by atoms with E-state index in [1.807, 2.05) is 26.0 Å². The summed E-state index contributed by atoms with van der Waals surface area (Å²) in [5.74, 6) is 0.479. The third-order valence-electron chi connectivity index (χ3n) is 3.45. The summed E-state index contributed by atoms with van der Waals surface area (Å²) in [5.41, 5.74) is 2.69. The Hall–Kier alpha value is -0.890. The van der Waals surface area contributed by atoms with Gasteiger partial charge in [0.1, 0.15) is 5.82 Å². The second kappa shape index (κ2) is 6.15. The molecule has 0 spiro atoms. The molecule has 17 heavy (non-hydrogen) atoms. The van der Waals surface area contributed by atoms with E-state index in [1.54, 1.807) is 0 Å². The van der Waals surface area contributed by atoms with Gasteiger partial charge in [-0.15, -0.1) is 0 Å². The number of hydrogen-bond donors (Lipinski definition) is 1. The summed E-state index contributed by atoms with van der Waals surface area (Å²) >= 11 is 0. The first-order chi connectivity index (χ1) is 8.01. The molecule has 0 heterocycles. The molecule has 1 aromatic carbocycles. The van der Waals surface area contributed by atoms with E-state index in [9.17, 15) is 4.39 Å². The molecule has 0 saturated heterocycles. The zero-order valence-corrected chi connectivity index (χ0v) is 11.6. The van der Waals surface area contributed by atoms with Crippen molar-refractivity contribution in [1.82, 2.24) is 5.32 Å². The Kier molecular flexibility index (Phi) is 5.13. The molecular formula is C15H24FN. The minimum Gasteiger partial charge on any atom is -0.310 e. The first-order valence-corrected chi connectivity index (χ1v) is 6.51. The predicted molar refractivity (Wildman–Crippen MR) is 71.7 cm³/mol. The molecule has 0 bridgehead atoms. The summed E-state index contributed by atoms with van der Waals surface area (Å²) in [6, 6.07) is 4.27. The van der Waals surface area contributed by atoms with Crippen LogP contribution in [0.4, 0.5) is 4.39 Å². The maximum absolute atomic E-state index is 13.6. The molecule has 96 valence electrons. The molecule has 1 nitrogen and oxygen atoms in total. The van der Waals surface area contributed by atoms with Crippen molar-refractivity contribution in [3.63, 3.8) is 0 Å². The van der Waals surface area contributed by atoms with Crippen LogP contribution in [0.15, 0.2) is 12.1 Å². The Morgan fingerprint density at radius 1 is 1.18 bits per heavy atom. The molecule has 1 rings (SSSR count). The van der Waals surface area contributed by atoms with Gasteiger partial charge in [-0.3, -0.25) is 0 Å². The van der Waals surface area contributed by atoms with Gasteiger partial charge in [0.05, 0.1) is 0 Å². The normalized spacial score (nSPS) is 14.7. The van der Waals surface area contributed by atoms with E-state index in [-0.39, 0.29) is 5.82 Å². The van der Waals surface area contributed by atoms with Crippen LogP contribution >= 0.6 is 0 Å². The summed E-state index contributed by atoms with van der Waals surface area (Å²) < 4.78 is 13.6. The summed E-state index contributed by atoms with van der Waals surface area (Å²) in [4.78, 5) is 0. The lowest BCUT2D eigenvalue weighted by atomic mass is 9.90. The number of benzene rings is 1. The molecule has 0 saturated carbocycles. The lowest BCUT2D eigenvalue weighted by molar-refractivity contribution is 0.383. The fourth-order valence-corrected chi connectivity index (χ4v) is 2.26. The van der Waals surface area contributed by atoms with E-state index in [0.717, 1.165) is 24.1 Å². The molecule has 0 aliphatic carbocycles. The van der Waals surface area contributed by atoms with Crippen molar-refractivity contribution in [1.29, 1.82) is 0 Å². The Morgan fingerprint density at radius 3 is 2.12 bits per heavy atom. The third-order valence-corrected chi connectivity index (χ3v) is 3.45. The maximum atomic E-state index is 13.6. The van der Waals surface area contributed by atoms with Crippen molar-refractivity contribution in [3.8, 4) is 0 Å². The third kappa shape index (κ3) is 3.29. The van der Waals surface area contributed by atoms with Gasteiger partial charge in [-0.2, -0.15) is 0 Å². The van der Waals surface area contributed by atoms with Gasteiger partial charge in [-0.1, -0.05) is 39.3 Å². The monoisotopic (exact) mass is 237 g/mol. The largest absolute Gasteiger partial charge is 0.310 e. The van der Waals surface area contributed by atoms with Gasteiger partial charge in [0.15, 0.2) is 0 Å². The average Bonchev–Trinajstić information content (AvgIpc) is 2.31. The minimum atomic E-state index is -0.0758. The van der Waals surface area contributed by atoms with Gasteiger partial charge in [0, 0.05) is 6.04 Å². The van der Waals surface area contributed by atoms with Crippen LogP contribution in [0.2, 0.25) is 0 Å². The lowest BCUT2D eigenvalue weighted by Gasteiger charge is -2.25. The lowest BCUT2D eigenvalue weighted by Crippen LogP contribution is -2.26. The van der Waals surface area contributed by atoms with E-state index in [1.165, 1.54) is 5.56 Å². The van der Waals surface area contributed by atoms with Crippen LogP contribution in [0.25, 0.3) is 0 Å². The first kappa shape index (κ1) is 14.2. The quantitative estimate of drug-likeness (QED) is 0.811. The van der Waals surface area contributed by atoms with Crippen LogP contribution in [0.3, 0.4) is 0 Å². The van der Waals surface area contributed by atoms with Crippen LogP contribution in [-0.2, 0) is 0 Å². The van der Waals surface area contributed by atoms with E-state index in [4.69, 9.17) is 0 Å². The Bertz CT molecular complexity index is 350. The van der Waals surface area contributed by atoms with Crippen LogP contribution < -0.4 is 5.32 Å².